The van der Waals surface area contributed by atoms with Crippen LogP contribution in [0.4, 0.5) is 4.39 Å². The Kier molecular flexibility index (Phi) is 6.94. The molecule has 1 saturated carbocycles. The number of amides is 1. The van der Waals surface area contributed by atoms with Crippen molar-refractivity contribution >= 4 is 16.8 Å². The molecule has 0 saturated heterocycles. The first-order valence-corrected chi connectivity index (χ1v) is 13.7. The van der Waals surface area contributed by atoms with Gasteiger partial charge in [0.25, 0.3) is 5.91 Å². The van der Waals surface area contributed by atoms with Gasteiger partial charge in [0.15, 0.2) is 0 Å². The molecule has 2 aromatic heterocycles. The van der Waals surface area contributed by atoms with E-state index in [-0.39, 0.29) is 17.8 Å². The zero-order valence-corrected chi connectivity index (χ0v) is 21.9. The van der Waals surface area contributed by atoms with Crippen LogP contribution >= 0.6 is 0 Å². The molecule has 0 unspecified atom stereocenters. The molecule has 7 heteroatoms. The standard InChI is InChI=1S/C31H34FN5O/c1-36-29-16-19-37(20-28(29)35-30(36)22-9-11-23(32)12-10-22)18-15-21-7-13-24(14-8-21)34-31(38)26-4-2-6-27-25(26)5-3-17-33-27/h2-6,9-12,17,21,24H,7-8,13-16,18-20H2,1H3,(H,34,38)/t21-,24-. The molecule has 38 heavy (non-hydrogen) atoms. The SMILES string of the molecule is Cn1c(-c2ccc(F)cc2)nc2c1CCN(CC[C@H]1CC[C@H](NC(=O)c3cccc4ncccc34)CC1)C2. The molecule has 1 fully saturated rings. The highest BCUT2D eigenvalue weighted by Gasteiger charge is 2.26. The van der Waals surface area contributed by atoms with Crippen molar-refractivity contribution in [3.8, 4) is 11.4 Å². The molecular weight excluding hydrogens is 477 g/mol. The minimum Gasteiger partial charge on any atom is -0.349 e. The molecule has 0 radical (unpaired) electrons. The zero-order chi connectivity index (χ0) is 26.1. The van der Waals surface area contributed by atoms with Crippen molar-refractivity contribution in [3.63, 3.8) is 0 Å². The molecule has 3 heterocycles. The fourth-order valence-corrected chi connectivity index (χ4v) is 6.16. The van der Waals surface area contributed by atoms with Crippen LogP contribution in [0.25, 0.3) is 22.3 Å². The van der Waals surface area contributed by atoms with Gasteiger partial charge in [0.2, 0.25) is 0 Å². The van der Waals surface area contributed by atoms with E-state index < -0.39 is 0 Å². The molecule has 1 amide bonds. The summed E-state index contributed by atoms with van der Waals surface area (Å²) in [7, 11) is 2.06. The van der Waals surface area contributed by atoms with Crippen molar-refractivity contribution in [3.05, 3.63) is 83.6 Å². The normalized spacial score (nSPS) is 19.8. The van der Waals surface area contributed by atoms with Gasteiger partial charge in [0.05, 0.1) is 11.2 Å². The molecule has 1 aliphatic heterocycles. The lowest BCUT2D eigenvalue weighted by molar-refractivity contribution is 0.0921. The maximum atomic E-state index is 13.4. The zero-order valence-electron chi connectivity index (χ0n) is 21.9. The minimum atomic E-state index is -0.224. The van der Waals surface area contributed by atoms with Gasteiger partial charge < -0.3 is 9.88 Å². The Morgan fingerprint density at radius 2 is 1.87 bits per heavy atom. The Morgan fingerprint density at radius 1 is 1.05 bits per heavy atom. The third-order valence-corrected chi connectivity index (χ3v) is 8.36. The molecule has 4 aromatic rings. The summed E-state index contributed by atoms with van der Waals surface area (Å²) in [5, 5.41) is 4.19. The number of benzene rings is 2. The van der Waals surface area contributed by atoms with Crippen LogP contribution < -0.4 is 5.32 Å². The number of rotatable bonds is 6. The summed E-state index contributed by atoms with van der Waals surface area (Å²) >= 11 is 0. The second-order valence-corrected chi connectivity index (χ2v) is 10.8. The number of fused-ring (bicyclic) bond motifs is 2. The van der Waals surface area contributed by atoms with Gasteiger partial charge >= 0.3 is 0 Å². The first-order chi connectivity index (χ1) is 18.5. The summed E-state index contributed by atoms with van der Waals surface area (Å²) in [4.78, 5) is 24.8. The van der Waals surface area contributed by atoms with E-state index in [1.54, 1.807) is 18.3 Å². The van der Waals surface area contributed by atoms with E-state index in [9.17, 15) is 9.18 Å². The van der Waals surface area contributed by atoms with Crippen molar-refractivity contribution in [2.45, 2.75) is 51.1 Å². The van der Waals surface area contributed by atoms with E-state index in [1.165, 1.54) is 24.2 Å². The quantitative estimate of drug-likeness (QED) is 0.371. The van der Waals surface area contributed by atoms with Crippen molar-refractivity contribution in [1.29, 1.82) is 0 Å². The lowest BCUT2D eigenvalue weighted by Crippen LogP contribution is -2.38. The highest BCUT2D eigenvalue weighted by atomic mass is 19.1. The molecular formula is C31H34FN5O. The Morgan fingerprint density at radius 3 is 2.68 bits per heavy atom. The lowest BCUT2D eigenvalue weighted by atomic mass is 9.84. The highest BCUT2D eigenvalue weighted by molar-refractivity contribution is 6.06. The third-order valence-electron chi connectivity index (χ3n) is 8.36. The van der Waals surface area contributed by atoms with Gasteiger partial charge in [-0.15, -0.1) is 0 Å². The molecule has 0 bridgehead atoms. The number of hydrogen-bond donors (Lipinski definition) is 1. The number of aromatic nitrogens is 3. The van der Waals surface area contributed by atoms with Crippen LogP contribution in [0.2, 0.25) is 0 Å². The summed E-state index contributed by atoms with van der Waals surface area (Å²) in [5.74, 6) is 1.39. The van der Waals surface area contributed by atoms with Crippen molar-refractivity contribution in [1.82, 2.24) is 24.8 Å². The van der Waals surface area contributed by atoms with Crippen LogP contribution in [0.3, 0.4) is 0 Å². The number of nitrogens with zero attached hydrogens (tertiary/aromatic N) is 4. The average Bonchev–Trinajstić information content (AvgIpc) is 3.28. The first-order valence-electron chi connectivity index (χ1n) is 13.7. The summed E-state index contributed by atoms with van der Waals surface area (Å²) in [6.07, 6.45) is 8.30. The molecule has 6 rings (SSSR count). The second-order valence-electron chi connectivity index (χ2n) is 10.8. The van der Waals surface area contributed by atoms with E-state index in [0.29, 0.717) is 11.5 Å². The summed E-state index contributed by atoms with van der Waals surface area (Å²) < 4.78 is 15.5. The van der Waals surface area contributed by atoms with Crippen LogP contribution in [-0.4, -0.2) is 44.5 Å². The summed E-state index contributed by atoms with van der Waals surface area (Å²) in [6, 6.07) is 16.4. The maximum absolute atomic E-state index is 13.4. The number of halogens is 1. The van der Waals surface area contributed by atoms with Gasteiger partial charge in [-0.25, -0.2) is 9.37 Å². The molecule has 1 N–H and O–H groups in total. The van der Waals surface area contributed by atoms with E-state index in [4.69, 9.17) is 4.98 Å². The molecule has 0 spiro atoms. The van der Waals surface area contributed by atoms with Crippen LogP contribution in [0.15, 0.2) is 60.8 Å². The van der Waals surface area contributed by atoms with Crippen LogP contribution in [0.1, 0.15) is 53.8 Å². The van der Waals surface area contributed by atoms with Crippen LogP contribution in [0.5, 0.6) is 0 Å². The first kappa shape index (κ1) is 24.7. The van der Waals surface area contributed by atoms with Crippen molar-refractivity contribution in [2.75, 3.05) is 13.1 Å². The van der Waals surface area contributed by atoms with Crippen molar-refractivity contribution < 1.29 is 9.18 Å². The maximum Gasteiger partial charge on any atom is 0.252 e. The Balaban J connectivity index is 0.996. The number of carbonyl (C=O) groups is 1. The van der Waals surface area contributed by atoms with Crippen LogP contribution in [0, 0.1) is 11.7 Å². The van der Waals surface area contributed by atoms with E-state index >= 15 is 0 Å². The largest absolute Gasteiger partial charge is 0.349 e. The smallest absolute Gasteiger partial charge is 0.252 e. The predicted molar refractivity (Wildman–Crippen MR) is 147 cm³/mol. The number of pyridine rings is 1. The monoisotopic (exact) mass is 511 g/mol. The molecule has 2 aliphatic rings. The van der Waals surface area contributed by atoms with E-state index in [0.717, 1.165) is 79.7 Å². The van der Waals surface area contributed by atoms with Gasteiger partial charge in [0, 0.05) is 61.0 Å². The molecule has 6 nitrogen and oxygen atoms in total. The number of hydrogen-bond acceptors (Lipinski definition) is 4. The van der Waals surface area contributed by atoms with Crippen LogP contribution in [-0.2, 0) is 20.0 Å². The summed E-state index contributed by atoms with van der Waals surface area (Å²) in [5.41, 5.74) is 4.95. The second kappa shape index (κ2) is 10.7. The minimum absolute atomic E-state index is 0.00605. The van der Waals surface area contributed by atoms with E-state index in [2.05, 4.69) is 26.8 Å². The average molecular weight is 512 g/mol. The fraction of sp³-hybridized carbons (Fsp3) is 0.387. The summed E-state index contributed by atoms with van der Waals surface area (Å²) in [6.45, 7) is 2.99. The third kappa shape index (κ3) is 5.07. The number of carbonyl (C=O) groups excluding carboxylic acids is 1. The van der Waals surface area contributed by atoms with E-state index in [1.807, 2.05) is 30.3 Å². The van der Waals surface area contributed by atoms with Gasteiger partial charge in [-0.05, 0) is 87.0 Å². The molecule has 1 aliphatic carbocycles. The predicted octanol–water partition coefficient (Wildman–Crippen LogP) is 5.51. The lowest BCUT2D eigenvalue weighted by Gasteiger charge is -2.32. The highest BCUT2D eigenvalue weighted by Crippen LogP contribution is 2.30. The van der Waals surface area contributed by atoms with Gasteiger partial charge in [-0.3, -0.25) is 14.7 Å². The molecule has 2 aromatic carbocycles. The topological polar surface area (TPSA) is 63.1 Å². The molecule has 0 atom stereocenters. The Bertz CT molecular complexity index is 1430. The Hall–Kier alpha value is -3.58. The fourth-order valence-electron chi connectivity index (χ4n) is 6.16. The molecule has 196 valence electrons. The van der Waals surface area contributed by atoms with Gasteiger partial charge in [-0.2, -0.15) is 0 Å². The number of imidazole rings is 1. The Labute approximate surface area is 222 Å². The number of nitrogens with one attached hydrogen (secondary N) is 1. The van der Waals surface area contributed by atoms with Crippen molar-refractivity contribution in [2.24, 2.45) is 13.0 Å². The van der Waals surface area contributed by atoms with Gasteiger partial charge in [-0.1, -0.05) is 12.1 Å². The van der Waals surface area contributed by atoms with Gasteiger partial charge in [0.1, 0.15) is 11.6 Å².